The van der Waals surface area contributed by atoms with Gasteiger partial charge in [-0.05, 0) is 76.3 Å². The molecule has 6 nitrogen and oxygen atoms in total. The number of hydrogen-bond acceptors (Lipinski definition) is 6. The smallest absolute Gasteiger partial charge is 0.236 e. The highest BCUT2D eigenvalue weighted by Crippen LogP contribution is 2.15. The Bertz CT molecular complexity index is 809. The number of ether oxygens (including phenoxy) is 1. The lowest BCUT2D eigenvalue weighted by molar-refractivity contribution is -0.117. The van der Waals surface area contributed by atoms with Crippen LogP contribution in [-0.2, 0) is 17.6 Å². The van der Waals surface area contributed by atoms with Crippen molar-refractivity contribution in [3.8, 4) is 5.88 Å². The van der Waals surface area contributed by atoms with Gasteiger partial charge in [0.05, 0.1) is 12.8 Å². The molecule has 6 heteroatoms. The van der Waals surface area contributed by atoms with Gasteiger partial charge in [0.1, 0.15) is 5.78 Å². The summed E-state index contributed by atoms with van der Waals surface area (Å²) in [7, 11) is 1.59. The number of allylic oxidation sites excluding steroid dienone is 1. The van der Waals surface area contributed by atoms with E-state index in [0.29, 0.717) is 11.6 Å². The average Bonchev–Trinajstić information content (AvgIpc) is 2.78. The zero-order valence-corrected chi connectivity index (χ0v) is 22.6. The maximum atomic E-state index is 10.0. The minimum absolute atomic E-state index is 0.289. The van der Waals surface area contributed by atoms with Crippen molar-refractivity contribution in [3.63, 3.8) is 0 Å². The van der Waals surface area contributed by atoms with Gasteiger partial charge in [-0.3, -0.25) is 4.98 Å². The first kappa shape index (κ1) is 32.4. The first-order chi connectivity index (χ1) is 15.7. The number of Topliss-reactive ketones (excluding diaryl/α,β-unsaturated/α-hetero) is 1. The molecule has 0 fully saturated rings. The number of rotatable bonds is 7. The molecule has 0 saturated carbocycles. The third-order valence-electron chi connectivity index (χ3n) is 4.41. The van der Waals surface area contributed by atoms with Crippen LogP contribution in [0.3, 0.4) is 0 Å². The van der Waals surface area contributed by atoms with Crippen LogP contribution in [0.5, 0.6) is 5.88 Å². The van der Waals surface area contributed by atoms with Gasteiger partial charge < -0.3 is 15.3 Å². The second-order valence-electron chi connectivity index (χ2n) is 7.44. The van der Waals surface area contributed by atoms with Gasteiger partial charge in [-0.25, -0.2) is 0 Å². The summed E-state index contributed by atoms with van der Waals surface area (Å²) in [4.78, 5) is 14.3. The van der Waals surface area contributed by atoms with Crippen molar-refractivity contribution in [2.75, 3.05) is 7.11 Å². The van der Waals surface area contributed by atoms with Crippen molar-refractivity contribution in [1.29, 1.82) is 0 Å². The Morgan fingerprint density at radius 2 is 1.73 bits per heavy atom. The van der Waals surface area contributed by atoms with E-state index in [1.54, 1.807) is 20.1 Å². The number of methoxy groups -OCH3 is 1. The highest BCUT2D eigenvalue weighted by molar-refractivity contribution is 5.75. The molecule has 2 aromatic rings. The minimum Gasteiger partial charge on any atom is -0.480 e. The number of carbonyl (C=O) groups is 1. The van der Waals surface area contributed by atoms with Crippen LogP contribution < -0.4 is 10.5 Å². The van der Waals surface area contributed by atoms with Crippen LogP contribution >= 0.6 is 0 Å². The number of nitrogens with zero attached hydrogens (tertiary/aromatic N) is 3. The van der Waals surface area contributed by atoms with Gasteiger partial charge in [0, 0.05) is 29.6 Å². The molecule has 0 radical (unpaired) electrons. The van der Waals surface area contributed by atoms with Crippen LogP contribution in [-0.4, -0.2) is 28.1 Å². The van der Waals surface area contributed by atoms with Crippen molar-refractivity contribution in [2.45, 2.75) is 94.4 Å². The van der Waals surface area contributed by atoms with Crippen LogP contribution in [0, 0.1) is 13.8 Å². The van der Waals surface area contributed by atoms with Crippen molar-refractivity contribution in [2.24, 2.45) is 5.73 Å². The van der Waals surface area contributed by atoms with Gasteiger partial charge in [0.2, 0.25) is 5.88 Å². The number of aromatic nitrogens is 3. The number of hydrogen-bond donors (Lipinski definition) is 1. The Balaban J connectivity index is 0. The molecule has 0 spiro atoms. The molecule has 0 aliphatic rings. The standard InChI is InChI=1S/C10H15N3O.C10H15N.C5H10O.C2H6/c1-4-8-6-9(5-7(2)11)12-13-10(8)14-3;1-4-5-10-8(2)6-7-11-9(10)3;1-3-4-5(2)6;1-2/h5-6H,4,11H2,1-3H3;6-7H,4-5H2,1-3H3;3-4H2,1-2H3;1-2H3/b7-5-;;;. The van der Waals surface area contributed by atoms with E-state index in [9.17, 15) is 4.79 Å². The molecule has 0 saturated heterocycles. The summed E-state index contributed by atoms with van der Waals surface area (Å²) in [5, 5.41) is 7.92. The van der Waals surface area contributed by atoms with E-state index in [1.807, 2.05) is 46.9 Å². The van der Waals surface area contributed by atoms with Crippen LogP contribution in [0.15, 0.2) is 24.0 Å². The summed E-state index contributed by atoms with van der Waals surface area (Å²) in [6.07, 6.45) is 8.60. The number of nitrogens with two attached hydrogens (primary N) is 1. The summed E-state index contributed by atoms with van der Waals surface area (Å²) in [5.41, 5.74) is 12.1. The fourth-order valence-corrected chi connectivity index (χ4v) is 2.87. The van der Waals surface area contributed by atoms with Gasteiger partial charge in [-0.1, -0.05) is 41.0 Å². The SMILES string of the molecule is CC.CCCC(C)=O.CCCc1c(C)ccnc1C.CCc1cc(/C=C(/C)N)nnc1OC. The Labute approximate surface area is 202 Å². The Morgan fingerprint density at radius 1 is 1.09 bits per heavy atom. The molecule has 0 amide bonds. The fraction of sp³-hybridized carbons (Fsp3) is 0.556. The predicted molar refractivity (Wildman–Crippen MR) is 140 cm³/mol. The lowest BCUT2D eigenvalue weighted by Crippen LogP contribution is -1.99. The molecule has 186 valence electrons. The molecule has 33 heavy (non-hydrogen) atoms. The zero-order valence-electron chi connectivity index (χ0n) is 22.6. The number of aryl methyl sites for hydroxylation is 3. The van der Waals surface area contributed by atoms with Crippen molar-refractivity contribution in [1.82, 2.24) is 15.2 Å². The lowest BCUT2D eigenvalue weighted by atomic mass is 10.0. The molecular weight excluding hydrogens is 412 g/mol. The summed E-state index contributed by atoms with van der Waals surface area (Å²) >= 11 is 0. The van der Waals surface area contributed by atoms with Gasteiger partial charge >= 0.3 is 0 Å². The van der Waals surface area contributed by atoms with E-state index in [2.05, 4.69) is 42.0 Å². The van der Waals surface area contributed by atoms with Crippen LogP contribution in [0.4, 0.5) is 0 Å². The largest absolute Gasteiger partial charge is 0.480 e. The molecule has 0 aromatic carbocycles. The third kappa shape index (κ3) is 14.8. The number of pyridine rings is 1. The third-order valence-corrected chi connectivity index (χ3v) is 4.41. The van der Waals surface area contributed by atoms with Gasteiger partial charge in [-0.2, -0.15) is 0 Å². The molecule has 0 aliphatic heterocycles. The molecule has 2 heterocycles. The number of carbonyl (C=O) groups excluding carboxylic acids is 1. The molecule has 0 aliphatic carbocycles. The van der Waals surface area contributed by atoms with E-state index < -0.39 is 0 Å². The van der Waals surface area contributed by atoms with Crippen molar-refractivity contribution >= 4 is 11.9 Å². The second-order valence-corrected chi connectivity index (χ2v) is 7.44. The van der Waals surface area contributed by atoms with E-state index in [1.165, 1.54) is 23.2 Å². The van der Waals surface area contributed by atoms with E-state index in [-0.39, 0.29) is 5.78 Å². The van der Waals surface area contributed by atoms with Crippen LogP contribution in [0.2, 0.25) is 0 Å². The fourth-order valence-electron chi connectivity index (χ4n) is 2.87. The topological polar surface area (TPSA) is 91.0 Å². The van der Waals surface area contributed by atoms with Gasteiger partial charge in [0.15, 0.2) is 0 Å². The monoisotopic (exact) mass is 458 g/mol. The van der Waals surface area contributed by atoms with Crippen molar-refractivity contribution < 1.29 is 9.53 Å². The molecule has 0 unspecified atom stereocenters. The Hall–Kier alpha value is -2.76. The highest BCUT2D eigenvalue weighted by atomic mass is 16.5. The van der Waals surface area contributed by atoms with E-state index in [4.69, 9.17) is 10.5 Å². The molecule has 0 bridgehead atoms. The van der Waals surface area contributed by atoms with E-state index >= 15 is 0 Å². The first-order valence-electron chi connectivity index (χ1n) is 11.9. The van der Waals surface area contributed by atoms with E-state index in [0.717, 1.165) is 36.9 Å². The predicted octanol–water partition coefficient (Wildman–Crippen LogP) is 6.42. The average molecular weight is 459 g/mol. The van der Waals surface area contributed by atoms with Crippen LogP contribution in [0.1, 0.15) is 95.8 Å². The lowest BCUT2D eigenvalue weighted by Gasteiger charge is -2.05. The molecule has 2 rings (SSSR count). The Kier molecular flexibility index (Phi) is 19.5. The maximum absolute atomic E-state index is 10.0. The first-order valence-corrected chi connectivity index (χ1v) is 11.9. The van der Waals surface area contributed by atoms with Crippen LogP contribution in [0.25, 0.3) is 6.08 Å². The van der Waals surface area contributed by atoms with Crippen molar-refractivity contribution in [3.05, 3.63) is 52.1 Å². The van der Waals surface area contributed by atoms with Gasteiger partial charge in [0.25, 0.3) is 0 Å². The highest BCUT2D eigenvalue weighted by Gasteiger charge is 2.04. The quantitative estimate of drug-likeness (QED) is 0.515. The summed E-state index contributed by atoms with van der Waals surface area (Å²) < 4.78 is 5.07. The second kappa shape index (κ2) is 19.9. The maximum Gasteiger partial charge on any atom is 0.236 e. The molecule has 2 aromatic heterocycles. The minimum atomic E-state index is 0.289. The summed E-state index contributed by atoms with van der Waals surface area (Å²) in [5.74, 6) is 0.872. The molecule has 2 N–H and O–H groups in total. The molecular formula is C27H46N4O2. The Morgan fingerprint density at radius 3 is 2.12 bits per heavy atom. The summed E-state index contributed by atoms with van der Waals surface area (Å²) in [6, 6.07) is 4.01. The number of ketones is 1. The molecule has 0 atom stereocenters. The zero-order chi connectivity index (χ0) is 25.8. The normalized spacial score (nSPS) is 9.94. The van der Waals surface area contributed by atoms with Gasteiger partial charge in [-0.15, -0.1) is 10.2 Å². The summed E-state index contributed by atoms with van der Waals surface area (Å²) in [6.45, 7) is 17.9.